The van der Waals surface area contributed by atoms with Crippen molar-refractivity contribution in [2.45, 2.75) is 38.6 Å². The molecule has 0 amide bonds. The van der Waals surface area contributed by atoms with E-state index in [1.807, 2.05) is 0 Å². The van der Waals surface area contributed by atoms with Crippen molar-refractivity contribution in [3.8, 4) is 0 Å². The number of aromatic nitrogens is 2. The lowest BCUT2D eigenvalue weighted by Gasteiger charge is -2.12. The third kappa shape index (κ3) is 1.58. The Bertz CT molecular complexity index is 538. The van der Waals surface area contributed by atoms with Gasteiger partial charge < -0.3 is 4.57 Å². The summed E-state index contributed by atoms with van der Waals surface area (Å²) in [6.07, 6.45) is 2.61. The van der Waals surface area contributed by atoms with Gasteiger partial charge in [0.15, 0.2) is 0 Å². The highest BCUT2D eigenvalue weighted by atomic mass is 79.9. The van der Waals surface area contributed by atoms with Crippen LogP contribution in [0.25, 0.3) is 11.0 Å². The van der Waals surface area contributed by atoms with Gasteiger partial charge in [-0.2, -0.15) is 0 Å². The highest BCUT2D eigenvalue weighted by Crippen LogP contribution is 2.41. The maximum atomic E-state index is 4.79. The molecular formula is C13H15BrN2. The van der Waals surface area contributed by atoms with Crippen LogP contribution in [0.15, 0.2) is 22.7 Å². The Kier molecular flexibility index (Phi) is 2.32. The summed E-state index contributed by atoms with van der Waals surface area (Å²) in [6, 6.07) is 6.86. The molecule has 2 nitrogen and oxygen atoms in total. The Morgan fingerprint density at radius 1 is 1.38 bits per heavy atom. The molecule has 3 heteroatoms. The second-order valence-corrected chi connectivity index (χ2v) is 5.76. The van der Waals surface area contributed by atoms with Crippen molar-refractivity contribution in [3.63, 3.8) is 0 Å². The Labute approximate surface area is 104 Å². The minimum Gasteiger partial charge on any atom is -0.325 e. The van der Waals surface area contributed by atoms with Crippen LogP contribution in [-0.4, -0.2) is 9.55 Å². The highest BCUT2D eigenvalue weighted by Gasteiger charge is 2.30. The number of hydrogen-bond acceptors (Lipinski definition) is 1. The standard InChI is InChI=1S/C13H15BrN2/c1-8(2)16-12-6-5-10(14)7-11(12)15-13(16)9-3-4-9/h5-9H,3-4H2,1-2H3. The van der Waals surface area contributed by atoms with Crippen LogP contribution in [0.5, 0.6) is 0 Å². The minimum atomic E-state index is 0.488. The second-order valence-electron chi connectivity index (χ2n) is 4.84. The first kappa shape index (κ1) is 10.3. The van der Waals surface area contributed by atoms with Crippen molar-refractivity contribution < 1.29 is 0 Å². The topological polar surface area (TPSA) is 17.8 Å². The number of imidazole rings is 1. The average molecular weight is 279 g/mol. The molecule has 0 N–H and O–H groups in total. The summed E-state index contributed by atoms with van der Waals surface area (Å²) in [4.78, 5) is 4.79. The van der Waals surface area contributed by atoms with Crippen molar-refractivity contribution in [1.82, 2.24) is 9.55 Å². The summed E-state index contributed by atoms with van der Waals surface area (Å²) in [7, 11) is 0. The van der Waals surface area contributed by atoms with Gasteiger partial charge in [-0.1, -0.05) is 15.9 Å². The lowest BCUT2D eigenvalue weighted by atomic mass is 10.3. The van der Waals surface area contributed by atoms with E-state index in [1.54, 1.807) is 0 Å². The number of benzene rings is 1. The quantitative estimate of drug-likeness (QED) is 0.803. The van der Waals surface area contributed by atoms with E-state index in [4.69, 9.17) is 4.98 Å². The van der Waals surface area contributed by atoms with Crippen LogP contribution >= 0.6 is 15.9 Å². The van der Waals surface area contributed by atoms with E-state index in [9.17, 15) is 0 Å². The Hall–Kier alpha value is -0.830. The van der Waals surface area contributed by atoms with Crippen LogP contribution in [0.2, 0.25) is 0 Å². The molecule has 1 aromatic heterocycles. The van der Waals surface area contributed by atoms with Crippen LogP contribution in [0.4, 0.5) is 0 Å². The largest absolute Gasteiger partial charge is 0.325 e. The molecule has 0 radical (unpaired) electrons. The van der Waals surface area contributed by atoms with Gasteiger partial charge in [-0.15, -0.1) is 0 Å². The zero-order valence-electron chi connectivity index (χ0n) is 9.57. The number of fused-ring (bicyclic) bond motifs is 1. The summed E-state index contributed by atoms with van der Waals surface area (Å²) in [5.41, 5.74) is 2.38. The van der Waals surface area contributed by atoms with Crippen molar-refractivity contribution >= 4 is 27.0 Å². The molecule has 1 aliphatic carbocycles. The van der Waals surface area contributed by atoms with Crippen LogP contribution in [0.3, 0.4) is 0 Å². The fourth-order valence-corrected chi connectivity index (χ4v) is 2.61. The van der Waals surface area contributed by atoms with Crippen molar-refractivity contribution in [2.24, 2.45) is 0 Å². The summed E-state index contributed by atoms with van der Waals surface area (Å²) in [5.74, 6) is 1.98. The van der Waals surface area contributed by atoms with Crippen molar-refractivity contribution in [3.05, 3.63) is 28.5 Å². The first-order valence-corrected chi connectivity index (χ1v) is 6.63. The normalized spacial score (nSPS) is 16.2. The highest BCUT2D eigenvalue weighted by molar-refractivity contribution is 9.10. The lowest BCUT2D eigenvalue weighted by molar-refractivity contribution is 0.585. The summed E-state index contributed by atoms with van der Waals surface area (Å²) < 4.78 is 3.50. The molecule has 0 unspecified atom stereocenters. The first-order chi connectivity index (χ1) is 7.66. The van der Waals surface area contributed by atoms with Gasteiger partial charge in [-0.3, -0.25) is 0 Å². The van der Waals surface area contributed by atoms with Gasteiger partial charge in [0.05, 0.1) is 11.0 Å². The minimum absolute atomic E-state index is 0.488. The molecule has 0 atom stereocenters. The second kappa shape index (κ2) is 3.59. The smallest absolute Gasteiger partial charge is 0.113 e. The Balaban J connectivity index is 2.28. The fourth-order valence-electron chi connectivity index (χ4n) is 2.26. The molecule has 1 aromatic carbocycles. The Morgan fingerprint density at radius 2 is 2.12 bits per heavy atom. The Morgan fingerprint density at radius 3 is 2.75 bits per heavy atom. The molecule has 1 heterocycles. The first-order valence-electron chi connectivity index (χ1n) is 5.84. The van der Waals surface area contributed by atoms with Crippen LogP contribution in [-0.2, 0) is 0 Å². The number of rotatable bonds is 2. The molecule has 1 fully saturated rings. The summed E-state index contributed by atoms with van der Waals surface area (Å²) >= 11 is 3.51. The van der Waals surface area contributed by atoms with Crippen LogP contribution < -0.4 is 0 Å². The molecule has 0 bridgehead atoms. The van der Waals surface area contributed by atoms with Gasteiger partial charge >= 0.3 is 0 Å². The molecule has 0 saturated heterocycles. The molecule has 1 aliphatic rings. The van der Waals surface area contributed by atoms with Gasteiger partial charge in [-0.25, -0.2) is 4.98 Å². The molecule has 0 aliphatic heterocycles. The van der Waals surface area contributed by atoms with Gasteiger partial charge in [-0.05, 0) is 44.9 Å². The lowest BCUT2D eigenvalue weighted by Crippen LogP contribution is -2.05. The average Bonchev–Trinajstić information content (AvgIpc) is 2.99. The van der Waals surface area contributed by atoms with E-state index in [-0.39, 0.29) is 0 Å². The molecule has 84 valence electrons. The fraction of sp³-hybridized carbons (Fsp3) is 0.462. The van der Waals surface area contributed by atoms with E-state index in [0.717, 1.165) is 9.99 Å². The van der Waals surface area contributed by atoms with Gasteiger partial charge in [0.1, 0.15) is 5.82 Å². The van der Waals surface area contributed by atoms with E-state index < -0.39 is 0 Å². The SMILES string of the molecule is CC(C)n1c(C2CC2)nc2cc(Br)ccc21. The summed E-state index contributed by atoms with van der Waals surface area (Å²) in [6.45, 7) is 4.46. The predicted octanol–water partition coefficient (Wildman–Crippen LogP) is 4.26. The van der Waals surface area contributed by atoms with Gasteiger partial charge in [0.25, 0.3) is 0 Å². The molecule has 3 rings (SSSR count). The molecular weight excluding hydrogens is 264 g/mol. The van der Waals surface area contributed by atoms with Gasteiger partial charge in [0, 0.05) is 16.4 Å². The number of hydrogen-bond donors (Lipinski definition) is 0. The van der Waals surface area contributed by atoms with Gasteiger partial charge in [0.2, 0.25) is 0 Å². The van der Waals surface area contributed by atoms with E-state index in [2.05, 4.69) is 52.5 Å². The molecule has 2 aromatic rings. The number of halogens is 1. The maximum Gasteiger partial charge on any atom is 0.113 e. The van der Waals surface area contributed by atoms with E-state index >= 15 is 0 Å². The zero-order valence-corrected chi connectivity index (χ0v) is 11.2. The van der Waals surface area contributed by atoms with Crippen LogP contribution in [0.1, 0.15) is 44.5 Å². The number of nitrogens with zero attached hydrogens (tertiary/aromatic N) is 2. The van der Waals surface area contributed by atoms with Crippen molar-refractivity contribution in [1.29, 1.82) is 0 Å². The van der Waals surface area contributed by atoms with Crippen molar-refractivity contribution in [2.75, 3.05) is 0 Å². The monoisotopic (exact) mass is 278 g/mol. The van der Waals surface area contributed by atoms with E-state index in [1.165, 1.54) is 24.2 Å². The van der Waals surface area contributed by atoms with Crippen LogP contribution in [0, 0.1) is 0 Å². The predicted molar refractivity (Wildman–Crippen MR) is 69.8 cm³/mol. The third-order valence-electron chi connectivity index (χ3n) is 3.14. The molecule has 0 spiro atoms. The summed E-state index contributed by atoms with van der Waals surface area (Å²) in [5, 5.41) is 0. The third-order valence-corrected chi connectivity index (χ3v) is 3.63. The zero-order chi connectivity index (χ0) is 11.3. The molecule has 1 saturated carbocycles. The maximum absolute atomic E-state index is 4.79. The molecule has 16 heavy (non-hydrogen) atoms. The van der Waals surface area contributed by atoms with E-state index in [0.29, 0.717) is 12.0 Å².